The van der Waals surface area contributed by atoms with Crippen LogP contribution in [0, 0.1) is 11.8 Å². The van der Waals surface area contributed by atoms with E-state index in [-0.39, 0.29) is 19.6 Å². The maximum atomic E-state index is 13.8. The largest absolute Gasteiger partial charge is 0.461 e. The Hall–Kier alpha value is -2.57. The van der Waals surface area contributed by atoms with Crippen LogP contribution in [0.25, 0.3) is 0 Å². The molecule has 0 radical (unpaired) electrons. The van der Waals surface area contributed by atoms with Gasteiger partial charge < -0.3 is 4.74 Å². The molecule has 0 spiro atoms. The second kappa shape index (κ2) is 8.74. The maximum absolute atomic E-state index is 13.8. The molecule has 2 bridgehead atoms. The van der Waals surface area contributed by atoms with Gasteiger partial charge in [-0.25, -0.2) is 0 Å². The van der Waals surface area contributed by atoms with Crippen LogP contribution in [0.2, 0.25) is 10.0 Å². The Bertz CT molecular complexity index is 1370. The molecule has 0 aromatic heterocycles. The number of hydrogen-bond donors (Lipinski definition) is 0. The van der Waals surface area contributed by atoms with Gasteiger partial charge in [0.05, 0.1) is 28.3 Å². The van der Waals surface area contributed by atoms with Gasteiger partial charge >= 0.3 is 5.97 Å². The minimum Gasteiger partial charge on any atom is -0.461 e. The molecule has 37 heavy (non-hydrogen) atoms. The number of likely N-dealkylation sites (tertiary alicyclic amines) is 1. The van der Waals surface area contributed by atoms with Crippen molar-refractivity contribution in [2.24, 2.45) is 11.8 Å². The first-order chi connectivity index (χ1) is 17.7. The predicted molar refractivity (Wildman–Crippen MR) is 141 cm³/mol. The van der Waals surface area contributed by atoms with E-state index >= 15 is 0 Å². The fraction of sp³-hybridized carbons (Fsp3) is 0.250. The highest BCUT2D eigenvalue weighted by Crippen LogP contribution is 2.69. The number of amides is 2. The van der Waals surface area contributed by atoms with Gasteiger partial charge in [0.1, 0.15) is 16.4 Å². The summed E-state index contributed by atoms with van der Waals surface area (Å²) in [5.41, 5.74) is 3.60. The fourth-order valence-electron chi connectivity index (χ4n) is 6.01. The highest BCUT2D eigenvalue weighted by atomic mass is 35.5. The van der Waals surface area contributed by atoms with E-state index in [2.05, 4.69) is 0 Å². The average Bonchev–Trinajstić information content (AvgIpc) is 3.17. The molecule has 188 valence electrons. The van der Waals surface area contributed by atoms with Crippen molar-refractivity contribution in [3.8, 4) is 0 Å². The highest BCUT2D eigenvalue weighted by molar-refractivity contribution is 6.42. The van der Waals surface area contributed by atoms with Crippen LogP contribution in [0.5, 0.6) is 0 Å². The molecule has 3 aromatic rings. The first-order valence-corrected chi connectivity index (χ1v) is 13.2. The minimum atomic E-state index is -1.25. The maximum Gasteiger partial charge on any atom is 0.307 e. The van der Waals surface area contributed by atoms with E-state index in [9.17, 15) is 14.4 Å². The van der Waals surface area contributed by atoms with Crippen LogP contribution < -0.4 is 0 Å². The van der Waals surface area contributed by atoms with Crippen LogP contribution in [0.1, 0.15) is 34.2 Å². The molecule has 0 saturated carbocycles. The van der Waals surface area contributed by atoms with E-state index < -0.39 is 39.4 Å². The standard InChI is InChI=1S/C28H19Cl4NO4/c29-20-10-9-15(13-21(20)30)14-37-22(34)11-12-33-25(35)23-24(26(33)36)28(32)17-6-2-1-5-16(17)27(23,31)18-7-3-4-8-19(18)28/h1-10,13,23-24H,11-12,14H2/t23-,24+,27?,28?. The molecule has 2 atom stereocenters. The summed E-state index contributed by atoms with van der Waals surface area (Å²) in [6.45, 7) is -0.138. The van der Waals surface area contributed by atoms with Gasteiger partial charge in [-0.15, -0.1) is 23.2 Å². The number of imide groups is 1. The summed E-state index contributed by atoms with van der Waals surface area (Å²) >= 11 is 26.7. The van der Waals surface area contributed by atoms with Crippen molar-refractivity contribution in [2.75, 3.05) is 6.54 Å². The molecule has 4 aliphatic rings. The van der Waals surface area contributed by atoms with Crippen molar-refractivity contribution in [1.82, 2.24) is 4.90 Å². The molecule has 0 N–H and O–H groups in total. The number of benzene rings is 3. The van der Waals surface area contributed by atoms with Crippen LogP contribution in [-0.2, 0) is 35.5 Å². The number of rotatable bonds is 5. The van der Waals surface area contributed by atoms with Gasteiger partial charge in [0.15, 0.2) is 0 Å². The number of esters is 1. The van der Waals surface area contributed by atoms with E-state index in [4.69, 9.17) is 51.1 Å². The molecule has 9 heteroatoms. The molecule has 1 saturated heterocycles. The lowest BCUT2D eigenvalue weighted by atomic mass is 9.54. The Morgan fingerprint density at radius 2 is 1.27 bits per heavy atom. The summed E-state index contributed by atoms with van der Waals surface area (Å²) in [5, 5.41) is 0.754. The normalized spacial score (nSPS) is 27.1. The van der Waals surface area contributed by atoms with Crippen molar-refractivity contribution in [2.45, 2.75) is 22.8 Å². The van der Waals surface area contributed by atoms with Gasteiger partial charge in [-0.2, -0.15) is 0 Å². The molecule has 3 aromatic carbocycles. The molecule has 0 unspecified atom stereocenters. The van der Waals surface area contributed by atoms with E-state index in [1.165, 1.54) is 0 Å². The lowest BCUT2D eigenvalue weighted by Crippen LogP contribution is -2.57. The summed E-state index contributed by atoms with van der Waals surface area (Å²) in [5.74, 6) is -3.21. The molecular formula is C28H19Cl4NO4. The predicted octanol–water partition coefficient (Wildman–Crippen LogP) is 6.02. The Kier molecular flexibility index (Phi) is 5.85. The number of nitrogens with zero attached hydrogens (tertiary/aromatic N) is 1. The van der Waals surface area contributed by atoms with Crippen LogP contribution in [0.15, 0.2) is 66.7 Å². The Morgan fingerprint density at radius 1 is 0.784 bits per heavy atom. The molecule has 5 nitrogen and oxygen atoms in total. The quantitative estimate of drug-likeness (QED) is 0.212. The van der Waals surface area contributed by atoms with Crippen LogP contribution in [-0.4, -0.2) is 29.2 Å². The summed E-state index contributed by atoms with van der Waals surface area (Å²) in [6.07, 6.45) is -0.164. The minimum absolute atomic E-state index is 0.0108. The monoisotopic (exact) mass is 573 g/mol. The Morgan fingerprint density at radius 3 is 1.73 bits per heavy atom. The zero-order chi connectivity index (χ0) is 26.1. The van der Waals surface area contributed by atoms with E-state index in [1.54, 1.807) is 18.2 Å². The first-order valence-electron chi connectivity index (χ1n) is 11.7. The SMILES string of the molecule is O=C(CCN1C(=O)[C@@H]2[C@H](C1=O)C1(Cl)c3ccccc3C2(Cl)c2ccccc21)OCc1ccc(Cl)c(Cl)c1. The zero-order valence-corrected chi connectivity index (χ0v) is 22.2. The molecule has 1 fully saturated rings. The van der Waals surface area contributed by atoms with Gasteiger partial charge in [0, 0.05) is 6.54 Å². The molecule has 2 amide bonds. The third-order valence-corrected chi connectivity index (χ3v) is 9.62. The fourth-order valence-corrected chi connectivity index (χ4v) is 7.43. The van der Waals surface area contributed by atoms with Gasteiger partial charge in [0.2, 0.25) is 11.8 Å². The van der Waals surface area contributed by atoms with Crippen LogP contribution >= 0.6 is 46.4 Å². The number of ether oxygens (including phenoxy) is 1. The molecule has 7 rings (SSSR count). The van der Waals surface area contributed by atoms with E-state index in [0.29, 0.717) is 15.6 Å². The number of carbonyl (C=O) groups is 3. The average molecular weight is 575 g/mol. The topological polar surface area (TPSA) is 63.7 Å². The smallest absolute Gasteiger partial charge is 0.307 e. The molecule has 3 aliphatic carbocycles. The summed E-state index contributed by atoms with van der Waals surface area (Å²) < 4.78 is 5.33. The number of alkyl halides is 2. The van der Waals surface area contributed by atoms with Crippen LogP contribution in [0.3, 0.4) is 0 Å². The number of carbonyl (C=O) groups excluding carboxylic acids is 3. The Labute approximate surface area is 233 Å². The van der Waals surface area contributed by atoms with Crippen molar-refractivity contribution in [3.63, 3.8) is 0 Å². The lowest BCUT2D eigenvalue weighted by Gasteiger charge is -2.54. The summed E-state index contributed by atoms with van der Waals surface area (Å²) in [7, 11) is 0. The van der Waals surface area contributed by atoms with E-state index in [1.807, 2.05) is 48.5 Å². The third kappa shape index (κ3) is 3.41. The highest BCUT2D eigenvalue weighted by Gasteiger charge is 2.72. The zero-order valence-electron chi connectivity index (χ0n) is 19.2. The summed E-state index contributed by atoms with van der Waals surface area (Å²) in [4.78, 5) is 38.6. The van der Waals surface area contributed by atoms with Gasteiger partial charge in [-0.3, -0.25) is 19.3 Å². The number of halogens is 4. The second-order valence-electron chi connectivity index (χ2n) is 9.46. The van der Waals surface area contributed by atoms with Gasteiger partial charge in [-0.05, 0) is 39.9 Å². The lowest BCUT2D eigenvalue weighted by molar-refractivity contribution is -0.146. The molecular weight excluding hydrogens is 556 g/mol. The van der Waals surface area contributed by atoms with Gasteiger partial charge in [0.25, 0.3) is 0 Å². The van der Waals surface area contributed by atoms with Crippen molar-refractivity contribution < 1.29 is 19.1 Å². The van der Waals surface area contributed by atoms with Crippen molar-refractivity contribution in [3.05, 3.63) is 105 Å². The van der Waals surface area contributed by atoms with Crippen molar-refractivity contribution in [1.29, 1.82) is 0 Å². The Balaban J connectivity index is 1.27. The second-order valence-corrected chi connectivity index (χ2v) is 11.5. The molecule has 1 aliphatic heterocycles. The number of hydrogen-bond acceptors (Lipinski definition) is 4. The third-order valence-electron chi connectivity index (χ3n) is 7.60. The van der Waals surface area contributed by atoms with Gasteiger partial charge in [-0.1, -0.05) is 77.8 Å². The molecule has 1 heterocycles. The van der Waals surface area contributed by atoms with Crippen molar-refractivity contribution >= 4 is 64.2 Å². The van der Waals surface area contributed by atoms with Crippen LogP contribution in [0.4, 0.5) is 0 Å². The summed E-state index contributed by atoms with van der Waals surface area (Å²) in [6, 6.07) is 19.8. The first kappa shape index (κ1) is 24.7. The van der Waals surface area contributed by atoms with E-state index in [0.717, 1.165) is 27.2 Å².